The minimum atomic E-state index is -0.448. The molecule has 0 heterocycles. The summed E-state index contributed by atoms with van der Waals surface area (Å²) >= 11 is 0. The normalized spacial score (nSPS) is 12.4. The van der Waals surface area contributed by atoms with E-state index in [0.717, 1.165) is 11.1 Å². The summed E-state index contributed by atoms with van der Waals surface area (Å²) in [6.45, 7) is 7.43. The van der Waals surface area contributed by atoms with Gasteiger partial charge in [0.1, 0.15) is 12.2 Å². The van der Waals surface area contributed by atoms with Crippen LogP contribution < -0.4 is 0 Å². The van der Waals surface area contributed by atoms with Gasteiger partial charge >= 0.3 is 11.9 Å². The van der Waals surface area contributed by atoms with E-state index in [9.17, 15) is 9.59 Å². The Labute approximate surface area is 166 Å². The van der Waals surface area contributed by atoms with Crippen LogP contribution in [0.3, 0.4) is 0 Å². The van der Waals surface area contributed by atoms with Gasteiger partial charge in [-0.15, -0.1) is 0 Å². The van der Waals surface area contributed by atoms with Crippen molar-refractivity contribution >= 4 is 11.9 Å². The monoisotopic (exact) mass is 378 g/mol. The number of hydrogen-bond acceptors (Lipinski definition) is 4. The molecule has 0 aliphatic rings. The fourth-order valence-corrected chi connectivity index (χ4v) is 2.70. The summed E-state index contributed by atoms with van der Waals surface area (Å²) in [5.41, 5.74) is 2.10. The van der Waals surface area contributed by atoms with Crippen molar-refractivity contribution in [3.63, 3.8) is 0 Å². The predicted molar refractivity (Wildman–Crippen MR) is 110 cm³/mol. The molecule has 0 bridgehead atoms. The third-order valence-corrected chi connectivity index (χ3v) is 4.18. The maximum Gasteiger partial charge on any atom is 0.306 e. The Morgan fingerprint density at radius 1 is 0.714 bits per heavy atom. The van der Waals surface area contributed by atoms with Crippen LogP contribution in [0.5, 0.6) is 0 Å². The molecule has 4 nitrogen and oxygen atoms in total. The second kappa shape index (κ2) is 11.5. The molecule has 0 aromatic heterocycles. The van der Waals surface area contributed by atoms with Crippen LogP contribution in [0.15, 0.2) is 86.0 Å². The summed E-state index contributed by atoms with van der Waals surface area (Å²) in [7, 11) is 0. The topological polar surface area (TPSA) is 52.6 Å². The molecule has 2 atom stereocenters. The van der Waals surface area contributed by atoms with E-state index in [0.29, 0.717) is 12.8 Å². The van der Waals surface area contributed by atoms with E-state index < -0.39 is 24.1 Å². The van der Waals surface area contributed by atoms with Crippen molar-refractivity contribution < 1.29 is 19.1 Å². The fourth-order valence-electron chi connectivity index (χ4n) is 2.70. The van der Waals surface area contributed by atoms with Gasteiger partial charge in [-0.3, -0.25) is 9.59 Å². The molecule has 0 aliphatic heterocycles. The van der Waals surface area contributed by atoms with Gasteiger partial charge in [0.15, 0.2) is 0 Å². The fraction of sp³-hybridized carbons (Fsp3) is 0.250. The summed E-state index contributed by atoms with van der Waals surface area (Å²) in [5.74, 6) is -0.896. The summed E-state index contributed by atoms with van der Waals surface area (Å²) in [6, 6.07) is 19.4. The van der Waals surface area contributed by atoms with Gasteiger partial charge < -0.3 is 9.47 Å². The lowest BCUT2D eigenvalue weighted by Crippen LogP contribution is -2.21. The maximum atomic E-state index is 12.1. The van der Waals surface area contributed by atoms with Gasteiger partial charge in [0, 0.05) is 12.8 Å². The highest BCUT2D eigenvalue weighted by atomic mass is 16.5. The standard InChI is InChI=1S/C24H26O4/c1-3-21(17-19-11-7-5-8-12-19)27-23(25)15-16-24(26)28-22(4-2)18-20-13-9-6-10-14-20/h3-14,21-22H,1-2,15-18H2. The van der Waals surface area contributed by atoms with Gasteiger partial charge in [-0.25, -0.2) is 0 Å². The molecule has 2 aromatic rings. The summed E-state index contributed by atoms with van der Waals surface area (Å²) in [6.07, 6.45) is 3.37. The maximum absolute atomic E-state index is 12.1. The SMILES string of the molecule is C=CC(Cc1ccccc1)OC(=O)CCC(=O)OC(C=C)Cc1ccccc1. The highest BCUT2D eigenvalue weighted by Crippen LogP contribution is 2.11. The lowest BCUT2D eigenvalue weighted by molar-refractivity contribution is -0.153. The minimum absolute atomic E-state index is 0.0346. The Bertz CT molecular complexity index is 700. The Balaban J connectivity index is 1.75. The molecule has 2 aromatic carbocycles. The van der Waals surface area contributed by atoms with E-state index in [-0.39, 0.29) is 12.8 Å². The van der Waals surface area contributed by atoms with Crippen molar-refractivity contribution in [1.82, 2.24) is 0 Å². The first-order valence-corrected chi connectivity index (χ1v) is 9.32. The lowest BCUT2D eigenvalue weighted by atomic mass is 10.1. The Hall–Kier alpha value is -3.14. The van der Waals surface area contributed by atoms with E-state index in [4.69, 9.17) is 9.47 Å². The van der Waals surface area contributed by atoms with Gasteiger partial charge in [-0.2, -0.15) is 0 Å². The highest BCUT2D eigenvalue weighted by molar-refractivity contribution is 5.78. The van der Waals surface area contributed by atoms with Crippen LogP contribution in [0.4, 0.5) is 0 Å². The van der Waals surface area contributed by atoms with Crippen LogP contribution >= 0.6 is 0 Å². The van der Waals surface area contributed by atoms with Crippen LogP contribution in [-0.4, -0.2) is 24.1 Å². The summed E-state index contributed by atoms with van der Waals surface area (Å²) in [5, 5.41) is 0. The zero-order chi connectivity index (χ0) is 20.2. The number of ether oxygens (including phenoxy) is 2. The molecular weight excluding hydrogens is 352 g/mol. The van der Waals surface area contributed by atoms with Crippen molar-refractivity contribution in [2.75, 3.05) is 0 Å². The van der Waals surface area contributed by atoms with E-state index in [1.165, 1.54) is 0 Å². The lowest BCUT2D eigenvalue weighted by Gasteiger charge is -2.16. The molecule has 0 amide bonds. The van der Waals surface area contributed by atoms with Crippen molar-refractivity contribution in [1.29, 1.82) is 0 Å². The molecule has 4 heteroatoms. The molecule has 0 saturated heterocycles. The van der Waals surface area contributed by atoms with E-state index in [1.807, 2.05) is 60.7 Å². The molecule has 0 N–H and O–H groups in total. The van der Waals surface area contributed by atoms with Gasteiger partial charge in [0.25, 0.3) is 0 Å². The smallest absolute Gasteiger partial charge is 0.306 e. The Kier molecular flexibility index (Phi) is 8.73. The van der Waals surface area contributed by atoms with E-state index >= 15 is 0 Å². The second-order valence-electron chi connectivity index (χ2n) is 6.41. The quantitative estimate of drug-likeness (QED) is 0.428. The van der Waals surface area contributed by atoms with Crippen LogP contribution in [0.1, 0.15) is 24.0 Å². The zero-order valence-corrected chi connectivity index (χ0v) is 16.0. The molecular formula is C24H26O4. The van der Waals surface area contributed by atoms with Crippen LogP contribution in [0.25, 0.3) is 0 Å². The molecule has 0 spiro atoms. The van der Waals surface area contributed by atoms with Gasteiger partial charge in [-0.05, 0) is 11.1 Å². The largest absolute Gasteiger partial charge is 0.458 e. The molecule has 0 aliphatic carbocycles. The Morgan fingerprint density at radius 2 is 1.07 bits per heavy atom. The molecule has 0 fully saturated rings. The molecule has 2 rings (SSSR count). The number of carbonyl (C=O) groups excluding carboxylic acids is 2. The minimum Gasteiger partial charge on any atom is -0.458 e. The van der Waals surface area contributed by atoms with Crippen molar-refractivity contribution in [2.45, 2.75) is 37.9 Å². The first-order chi connectivity index (χ1) is 13.6. The Morgan fingerprint density at radius 3 is 1.39 bits per heavy atom. The number of carbonyl (C=O) groups is 2. The average molecular weight is 378 g/mol. The van der Waals surface area contributed by atoms with Gasteiger partial charge in [0.2, 0.25) is 0 Å². The predicted octanol–water partition coefficient (Wildman–Crippen LogP) is 4.45. The van der Waals surface area contributed by atoms with Gasteiger partial charge in [0.05, 0.1) is 12.8 Å². The van der Waals surface area contributed by atoms with Crippen molar-refractivity contribution in [3.05, 3.63) is 97.1 Å². The molecule has 28 heavy (non-hydrogen) atoms. The zero-order valence-electron chi connectivity index (χ0n) is 16.0. The number of esters is 2. The second-order valence-corrected chi connectivity index (χ2v) is 6.41. The highest BCUT2D eigenvalue weighted by Gasteiger charge is 2.16. The van der Waals surface area contributed by atoms with Crippen LogP contribution in [-0.2, 0) is 31.9 Å². The molecule has 0 radical (unpaired) electrons. The number of hydrogen-bond donors (Lipinski definition) is 0. The third-order valence-electron chi connectivity index (χ3n) is 4.18. The first kappa shape index (κ1) is 21.2. The van der Waals surface area contributed by atoms with E-state index in [1.54, 1.807) is 12.2 Å². The molecule has 0 saturated carbocycles. The summed E-state index contributed by atoms with van der Waals surface area (Å²) in [4.78, 5) is 24.1. The molecule has 2 unspecified atom stereocenters. The number of rotatable bonds is 11. The van der Waals surface area contributed by atoms with Crippen LogP contribution in [0.2, 0.25) is 0 Å². The van der Waals surface area contributed by atoms with Crippen molar-refractivity contribution in [3.8, 4) is 0 Å². The third kappa shape index (κ3) is 7.62. The van der Waals surface area contributed by atoms with Crippen molar-refractivity contribution in [2.24, 2.45) is 0 Å². The molecule has 146 valence electrons. The van der Waals surface area contributed by atoms with Crippen LogP contribution in [0, 0.1) is 0 Å². The van der Waals surface area contributed by atoms with Gasteiger partial charge in [-0.1, -0.05) is 86.0 Å². The van der Waals surface area contributed by atoms with E-state index in [2.05, 4.69) is 13.2 Å². The number of benzene rings is 2. The summed E-state index contributed by atoms with van der Waals surface area (Å²) < 4.78 is 10.8. The first-order valence-electron chi connectivity index (χ1n) is 9.32. The average Bonchev–Trinajstić information content (AvgIpc) is 2.72.